The van der Waals surface area contributed by atoms with Crippen LogP contribution in [0.2, 0.25) is 5.15 Å². The molecule has 0 amide bonds. The molecule has 1 aromatic heterocycles. The third-order valence-corrected chi connectivity index (χ3v) is 3.46. The smallest absolute Gasteiger partial charge is 0.134 e. The average Bonchev–Trinajstić information content (AvgIpc) is 2.77. The zero-order chi connectivity index (χ0) is 12.4. The first-order chi connectivity index (χ1) is 8.10. The maximum absolute atomic E-state index is 6.02. The predicted octanol–water partition coefficient (Wildman–Crippen LogP) is 1.83. The molecule has 4 nitrogen and oxygen atoms in total. The number of aryl methyl sites for hydroxylation is 1. The molecule has 0 radical (unpaired) electrons. The Labute approximate surface area is 108 Å². The minimum absolute atomic E-state index is 0.542. The zero-order valence-corrected chi connectivity index (χ0v) is 11.4. The summed E-state index contributed by atoms with van der Waals surface area (Å²) in [7, 11) is 4.25. The first-order valence-electron chi connectivity index (χ1n) is 6.05. The summed E-state index contributed by atoms with van der Waals surface area (Å²) in [6, 6.07) is 2.47. The van der Waals surface area contributed by atoms with Gasteiger partial charge in [-0.2, -0.15) is 0 Å². The van der Waals surface area contributed by atoms with Gasteiger partial charge in [0.2, 0.25) is 0 Å². The van der Waals surface area contributed by atoms with Crippen molar-refractivity contribution < 1.29 is 0 Å². The van der Waals surface area contributed by atoms with Gasteiger partial charge in [0.15, 0.2) is 0 Å². The molecule has 94 valence electrons. The Morgan fingerprint density at radius 1 is 1.47 bits per heavy atom. The standard InChI is InChI=1S/C12H19ClN4/c1-4-11-14-10(13)7-12(15-11)17-6-5-9(8-17)16(2)3/h7,9H,4-6,8H2,1-3H3. The van der Waals surface area contributed by atoms with Crippen molar-refractivity contribution in [2.24, 2.45) is 0 Å². The molecule has 1 aliphatic rings. The number of hydrogen-bond donors (Lipinski definition) is 0. The van der Waals surface area contributed by atoms with Gasteiger partial charge in [0.1, 0.15) is 16.8 Å². The Morgan fingerprint density at radius 3 is 2.82 bits per heavy atom. The molecule has 5 heteroatoms. The number of rotatable bonds is 3. The number of hydrogen-bond acceptors (Lipinski definition) is 4. The highest BCUT2D eigenvalue weighted by atomic mass is 35.5. The molecule has 0 aliphatic carbocycles. The summed E-state index contributed by atoms with van der Waals surface area (Å²) in [6.45, 7) is 4.10. The minimum Gasteiger partial charge on any atom is -0.355 e. The Kier molecular flexibility index (Phi) is 3.84. The molecule has 1 atom stereocenters. The molecule has 17 heavy (non-hydrogen) atoms. The molecule has 1 aromatic rings. The van der Waals surface area contributed by atoms with Gasteiger partial charge in [0, 0.05) is 31.6 Å². The third kappa shape index (κ3) is 2.87. The lowest BCUT2D eigenvalue weighted by atomic mass is 10.2. The Bertz CT molecular complexity index is 394. The van der Waals surface area contributed by atoms with Crippen LogP contribution in [0.25, 0.3) is 0 Å². The molecule has 0 aromatic carbocycles. The average molecular weight is 255 g/mol. The van der Waals surface area contributed by atoms with Crippen molar-refractivity contribution in [3.05, 3.63) is 17.0 Å². The zero-order valence-electron chi connectivity index (χ0n) is 10.6. The molecule has 1 aliphatic heterocycles. The van der Waals surface area contributed by atoms with Crippen LogP contribution in [-0.4, -0.2) is 48.1 Å². The second kappa shape index (κ2) is 5.19. The summed E-state index contributed by atoms with van der Waals surface area (Å²) >= 11 is 6.02. The summed E-state index contributed by atoms with van der Waals surface area (Å²) < 4.78 is 0. The summed E-state index contributed by atoms with van der Waals surface area (Å²) in [4.78, 5) is 13.3. The number of aromatic nitrogens is 2. The largest absolute Gasteiger partial charge is 0.355 e. The lowest BCUT2D eigenvalue weighted by molar-refractivity contribution is 0.315. The fourth-order valence-electron chi connectivity index (χ4n) is 2.14. The highest BCUT2D eigenvalue weighted by Gasteiger charge is 2.25. The highest BCUT2D eigenvalue weighted by molar-refractivity contribution is 6.29. The van der Waals surface area contributed by atoms with Crippen molar-refractivity contribution in [2.75, 3.05) is 32.1 Å². The molecule has 0 saturated carbocycles. The summed E-state index contributed by atoms with van der Waals surface area (Å²) in [5.41, 5.74) is 0. The van der Waals surface area contributed by atoms with Crippen molar-refractivity contribution in [2.45, 2.75) is 25.8 Å². The third-order valence-electron chi connectivity index (χ3n) is 3.26. The van der Waals surface area contributed by atoms with E-state index >= 15 is 0 Å². The lowest BCUT2D eigenvalue weighted by Crippen LogP contribution is -2.31. The van der Waals surface area contributed by atoms with Crippen LogP contribution in [0.15, 0.2) is 6.07 Å². The van der Waals surface area contributed by atoms with Crippen LogP contribution < -0.4 is 4.90 Å². The quantitative estimate of drug-likeness (QED) is 0.771. The van der Waals surface area contributed by atoms with Crippen molar-refractivity contribution >= 4 is 17.4 Å². The van der Waals surface area contributed by atoms with Crippen LogP contribution in [0.3, 0.4) is 0 Å². The Hall–Kier alpha value is -0.870. The van der Waals surface area contributed by atoms with E-state index in [-0.39, 0.29) is 0 Å². The second-order valence-electron chi connectivity index (χ2n) is 4.67. The van der Waals surface area contributed by atoms with Gasteiger partial charge >= 0.3 is 0 Å². The van der Waals surface area contributed by atoms with Gasteiger partial charge in [-0.1, -0.05) is 18.5 Å². The Morgan fingerprint density at radius 2 is 2.24 bits per heavy atom. The van der Waals surface area contributed by atoms with Crippen LogP contribution in [0.5, 0.6) is 0 Å². The van der Waals surface area contributed by atoms with E-state index in [1.54, 1.807) is 0 Å². The summed E-state index contributed by atoms with van der Waals surface area (Å²) in [5.74, 6) is 1.78. The monoisotopic (exact) mass is 254 g/mol. The van der Waals surface area contributed by atoms with E-state index in [9.17, 15) is 0 Å². The molecule has 1 unspecified atom stereocenters. The predicted molar refractivity (Wildman–Crippen MR) is 70.7 cm³/mol. The van der Waals surface area contributed by atoms with Gasteiger partial charge in [0.05, 0.1) is 0 Å². The number of nitrogens with zero attached hydrogens (tertiary/aromatic N) is 4. The van der Waals surface area contributed by atoms with Crippen LogP contribution in [0.4, 0.5) is 5.82 Å². The van der Waals surface area contributed by atoms with E-state index in [2.05, 4.69) is 33.9 Å². The molecule has 0 spiro atoms. The molecule has 1 fully saturated rings. The lowest BCUT2D eigenvalue weighted by Gasteiger charge is -2.21. The summed E-state index contributed by atoms with van der Waals surface area (Å²) in [5, 5.41) is 0.542. The SMILES string of the molecule is CCc1nc(Cl)cc(N2CCC(N(C)C)C2)n1. The maximum atomic E-state index is 6.02. The minimum atomic E-state index is 0.542. The molecule has 2 rings (SSSR count). The van der Waals surface area contributed by atoms with Gasteiger partial charge in [-0.15, -0.1) is 0 Å². The normalized spacial score (nSPS) is 20.3. The molecule has 0 bridgehead atoms. The first kappa shape index (κ1) is 12.6. The maximum Gasteiger partial charge on any atom is 0.134 e. The molecule has 2 heterocycles. The molecule has 1 saturated heterocycles. The van der Waals surface area contributed by atoms with E-state index in [4.69, 9.17) is 11.6 Å². The van der Waals surface area contributed by atoms with Gasteiger partial charge in [-0.3, -0.25) is 0 Å². The first-order valence-corrected chi connectivity index (χ1v) is 6.42. The Balaban J connectivity index is 2.15. The van der Waals surface area contributed by atoms with Gasteiger partial charge in [-0.25, -0.2) is 9.97 Å². The fourth-order valence-corrected chi connectivity index (χ4v) is 2.34. The van der Waals surface area contributed by atoms with Gasteiger partial charge < -0.3 is 9.80 Å². The van der Waals surface area contributed by atoms with Gasteiger partial charge in [-0.05, 0) is 20.5 Å². The second-order valence-corrected chi connectivity index (χ2v) is 5.06. The van der Waals surface area contributed by atoms with Crippen molar-refractivity contribution in [3.8, 4) is 0 Å². The van der Waals surface area contributed by atoms with Gasteiger partial charge in [0.25, 0.3) is 0 Å². The van der Waals surface area contributed by atoms with E-state index in [1.165, 1.54) is 6.42 Å². The number of likely N-dealkylation sites (N-methyl/N-ethyl adjacent to an activating group) is 1. The topological polar surface area (TPSA) is 32.3 Å². The molecular formula is C12H19ClN4. The fraction of sp³-hybridized carbons (Fsp3) is 0.667. The van der Waals surface area contributed by atoms with Crippen LogP contribution >= 0.6 is 11.6 Å². The van der Waals surface area contributed by atoms with Crippen LogP contribution in [0.1, 0.15) is 19.2 Å². The number of halogens is 1. The van der Waals surface area contributed by atoms with E-state index in [1.807, 2.05) is 13.0 Å². The highest BCUT2D eigenvalue weighted by Crippen LogP contribution is 2.22. The van der Waals surface area contributed by atoms with Crippen molar-refractivity contribution in [3.63, 3.8) is 0 Å². The molecule has 0 N–H and O–H groups in total. The van der Waals surface area contributed by atoms with Crippen LogP contribution in [-0.2, 0) is 6.42 Å². The van der Waals surface area contributed by atoms with E-state index in [0.29, 0.717) is 11.2 Å². The van der Waals surface area contributed by atoms with E-state index < -0.39 is 0 Å². The van der Waals surface area contributed by atoms with Crippen LogP contribution in [0, 0.1) is 0 Å². The van der Waals surface area contributed by atoms with E-state index in [0.717, 1.165) is 31.2 Å². The van der Waals surface area contributed by atoms with Crippen molar-refractivity contribution in [1.82, 2.24) is 14.9 Å². The molecular weight excluding hydrogens is 236 g/mol. The van der Waals surface area contributed by atoms with Crippen molar-refractivity contribution in [1.29, 1.82) is 0 Å². The summed E-state index contributed by atoms with van der Waals surface area (Å²) in [6.07, 6.45) is 1.99. The number of anilines is 1.